The van der Waals surface area contributed by atoms with Gasteiger partial charge in [0.2, 0.25) is 0 Å². The van der Waals surface area contributed by atoms with Gasteiger partial charge in [-0.25, -0.2) is 0 Å². The van der Waals surface area contributed by atoms with E-state index < -0.39 is 0 Å². The summed E-state index contributed by atoms with van der Waals surface area (Å²) < 4.78 is 12.3. The quantitative estimate of drug-likeness (QED) is 0.497. The topological polar surface area (TPSA) is 21.7 Å². The molecule has 0 aliphatic heterocycles. The zero-order valence-electron chi connectivity index (χ0n) is 11.2. The Morgan fingerprint density at radius 1 is 1.06 bits per heavy atom. The van der Waals surface area contributed by atoms with Crippen molar-refractivity contribution >= 4 is 22.6 Å². The fourth-order valence-electron chi connectivity index (χ4n) is 1.61. The highest BCUT2D eigenvalue weighted by Crippen LogP contribution is 2.19. The van der Waals surface area contributed by atoms with Crippen LogP contribution in [0, 0.1) is 3.57 Å². The first-order valence-corrected chi connectivity index (χ1v) is 7.53. The van der Waals surface area contributed by atoms with E-state index in [1.807, 2.05) is 24.3 Å². The highest BCUT2D eigenvalue weighted by Gasteiger charge is 2.00. The molecule has 0 aromatic heterocycles. The predicted molar refractivity (Wildman–Crippen MR) is 83.3 cm³/mol. The molecular formula is C14H22INO2. The van der Waals surface area contributed by atoms with Crippen molar-refractivity contribution in [1.82, 2.24) is 4.90 Å². The Labute approximate surface area is 124 Å². The molecule has 0 aliphatic rings. The molecular weight excluding hydrogens is 341 g/mol. The van der Waals surface area contributed by atoms with Gasteiger partial charge in [0, 0.05) is 6.54 Å². The Bertz CT molecular complexity index is 329. The fourth-order valence-corrected chi connectivity index (χ4v) is 2.15. The van der Waals surface area contributed by atoms with Crippen molar-refractivity contribution < 1.29 is 9.47 Å². The largest absolute Gasteiger partial charge is 0.490 e. The Balaban J connectivity index is 2.07. The van der Waals surface area contributed by atoms with E-state index in [0.29, 0.717) is 13.2 Å². The van der Waals surface area contributed by atoms with Crippen LogP contribution in [-0.2, 0) is 4.74 Å². The van der Waals surface area contributed by atoms with Crippen molar-refractivity contribution in [2.45, 2.75) is 13.8 Å². The van der Waals surface area contributed by atoms with Crippen molar-refractivity contribution in [3.63, 3.8) is 0 Å². The molecule has 0 atom stereocenters. The lowest BCUT2D eigenvalue weighted by atomic mass is 10.3. The van der Waals surface area contributed by atoms with Gasteiger partial charge in [-0.15, -0.1) is 0 Å². The molecule has 0 N–H and O–H groups in total. The summed E-state index contributed by atoms with van der Waals surface area (Å²) in [6.07, 6.45) is 0. The summed E-state index contributed by atoms with van der Waals surface area (Å²) in [6, 6.07) is 8.02. The van der Waals surface area contributed by atoms with E-state index in [1.165, 1.54) is 0 Å². The number of hydrogen-bond donors (Lipinski definition) is 0. The summed E-state index contributed by atoms with van der Waals surface area (Å²) >= 11 is 2.27. The predicted octanol–water partition coefficient (Wildman–Crippen LogP) is 3.03. The molecule has 0 aliphatic carbocycles. The minimum absolute atomic E-state index is 0.609. The molecule has 0 heterocycles. The van der Waals surface area contributed by atoms with Gasteiger partial charge in [0.15, 0.2) is 0 Å². The average molecular weight is 363 g/mol. The zero-order valence-corrected chi connectivity index (χ0v) is 13.4. The molecule has 0 saturated carbocycles. The van der Waals surface area contributed by atoms with E-state index in [2.05, 4.69) is 41.3 Å². The molecule has 18 heavy (non-hydrogen) atoms. The molecule has 1 aromatic carbocycles. The molecule has 0 unspecified atom stereocenters. The second kappa shape index (κ2) is 9.58. The van der Waals surface area contributed by atoms with Crippen LogP contribution in [0.5, 0.6) is 5.75 Å². The first kappa shape index (κ1) is 15.7. The SMILES string of the molecule is CCN(CC)CCOCCOc1ccccc1I. The van der Waals surface area contributed by atoms with Crippen LogP contribution in [0.3, 0.4) is 0 Å². The maximum atomic E-state index is 5.65. The highest BCUT2D eigenvalue weighted by molar-refractivity contribution is 14.1. The summed E-state index contributed by atoms with van der Waals surface area (Å²) in [4.78, 5) is 2.35. The van der Waals surface area contributed by atoms with E-state index in [0.717, 1.165) is 35.6 Å². The van der Waals surface area contributed by atoms with Crippen molar-refractivity contribution in [3.05, 3.63) is 27.8 Å². The van der Waals surface area contributed by atoms with Gasteiger partial charge in [-0.05, 0) is 47.8 Å². The van der Waals surface area contributed by atoms with Gasteiger partial charge >= 0.3 is 0 Å². The van der Waals surface area contributed by atoms with Crippen LogP contribution in [0.4, 0.5) is 0 Å². The van der Waals surface area contributed by atoms with E-state index in [9.17, 15) is 0 Å². The van der Waals surface area contributed by atoms with E-state index >= 15 is 0 Å². The summed E-state index contributed by atoms with van der Waals surface area (Å²) in [5.74, 6) is 0.936. The lowest BCUT2D eigenvalue weighted by Gasteiger charge is -2.17. The average Bonchev–Trinajstić information content (AvgIpc) is 2.40. The van der Waals surface area contributed by atoms with Gasteiger partial charge in [0.25, 0.3) is 0 Å². The number of halogens is 1. The monoisotopic (exact) mass is 363 g/mol. The van der Waals surface area contributed by atoms with Crippen LogP contribution in [0.15, 0.2) is 24.3 Å². The van der Waals surface area contributed by atoms with Gasteiger partial charge in [-0.3, -0.25) is 0 Å². The molecule has 0 spiro atoms. The van der Waals surface area contributed by atoms with Crippen molar-refractivity contribution in [1.29, 1.82) is 0 Å². The molecule has 3 nitrogen and oxygen atoms in total. The molecule has 102 valence electrons. The minimum Gasteiger partial charge on any atom is -0.490 e. The Morgan fingerprint density at radius 3 is 2.44 bits per heavy atom. The second-order valence-corrected chi connectivity index (χ2v) is 5.08. The number of rotatable bonds is 9. The lowest BCUT2D eigenvalue weighted by molar-refractivity contribution is 0.0817. The molecule has 0 radical (unpaired) electrons. The summed E-state index contributed by atoms with van der Waals surface area (Å²) in [5.41, 5.74) is 0. The van der Waals surface area contributed by atoms with Crippen molar-refractivity contribution in [2.75, 3.05) is 39.5 Å². The van der Waals surface area contributed by atoms with E-state index in [-0.39, 0.29) is 0 Å². The first-order chi connectivity index (χ1) is 8.77. The summed E-state index contributed by atoms with van der Waals surface area (Å²) in [6.45, 7) is 9.53. The van der Waals surface area contributed by atoms with Gasteiger partial charge in [-0.2, -0.15) is 0 Å². The van der Waals surface area contributed by atoms with Crippen LogP contribution in [0.2, 0.25) is 0 Å². The maximum Gasteiger partial charge on any atom is 0.132 e. The molecule has 1 aromatic rings. The van der Waals surface area contributed by atoms with Crippen LogP contribution >= 0.6 is 22.6 Å². The van der Waals surface area contributed by atoms with Gasteiger partial charge in [0.05, 0.1) is 16.8 Å². The van der Waals surface area contributed by atoms with Crippen LogP contribution in [-0.4, -0.2) is 44.4 Å². The molecule has 0 saturated heterocycles. The summed E-state index contributed by atoms with van der Waals surface area (Å²) in [7, 11) is 0. The number of likely N-dealkylation sites (N-methyl/N-ethyl adjacent to an activating group) is 1. The maximum absolute atomic E-state index is 5.65. The Morgan fingerprint density at radius 2 is 1.78 bits per heavy atom. The van der Waals surface area contributed by atoms with E-state index in [4.69, 9.17) is 9.47 Å². The van der Waals surface area contributed by atoms with Gasteiger partial charge in [0.1, 0.15) is 12.4 Å². The third-order valence-corrected chi connectivity index (χ3v) is 3.66. The molecule has 1 rings (SSSR count). The number of ether oxygens (including phenoxy) is 2. The van der Waals surface area contributed by atoms with Crippen LogP contribution < -0.4 is 4.74 Å². The summed E-state index contributed by atoms with van der Waals surface area (Å²) in [5, 5.41) is 0. The van der Waals surface area contributed by atoms with Gasteiger partial charge in [-0.1, -0.05) is 26.0 Å². The molecule has 0 bridgehead atoms. The highest BCUT2D eigenvalue weighted by atomic mass is 127. The smallest absolute Gasteiger partial charge is 0.132 e. The third-order valence-electron chi connectivity index (χ3n) is 2.77. The Kier molecular flexibility index (Phi) is 8.37. The standard InChI is InChI=1S/C14H22INO2/c1-3-16(4-2)9-10-17-11-12-18-14-8-6-5-7-13(14)15/h5-8H,3-4,9-12H2,1-2H3. The van der Waals surface area contributed by atoms with Crippen molar-refractivity contribution in [3.8, 4) is 5.75 Å². The lowest BCUT2D eigenvalue weighted by Crippen LogP contribution is -2.27. The fraction of sp³-hybridized carbons (Fsp3) is 0.571. The number of benzene rings is 1. The second-order valence-electron chi connectivity index (χ2n) is 3.92. The minimum atomic E-state index is 0.609. The number of hydrogen-bond acceptors (Lipinski definition) is 3. The Hall–Kier alpha value is -0.330. The van der Waals surface area contributed by atoms with Gasteiger partial charge < -0.3 is 14.4 Å². The molecule has 4 heteroatoms. The third kappa shape index (κ3) is 6.02. The van der Waals surface area contributed by atoms with Crippen LogP contribution in [0.25, 0.3) is 0 Å². The molecule has 0 amide bonds. The van der Waals surface area contributed by atoms with E-state index in [1.54, 1.807) is 0 Å². The first-order valence-electron chi connectivity index (χ1n) is 6.45. The zero-order chi connectivity index (χ0) is 13.2. The number of para-hydroxylation sites is 1. The molecule has 0 fully saturated rings. The van der Waals surface area contributed by atoms with Crippen molar-refractivity contribution in [2.24, 2.45) is 0 Å². The normalized spacial score (nSPS) is 10.9. The van der Waals surface area contributed by atoms with Crippen LogP contribution in [0.1, 0.15) is 13.8 Å². The number of nitrogens with zero attached hydrogens (tertiary/aromatic N) is 1.